The first-order valence-electron chi connectivity index (χ1n) is 5.02. The summed E-state index contributed by atoms with van der Waals surface area (Å²) in [4.78, 5) is 0. The van der Waals surface area contributed by atoms with Crippen molar-refractivity contribution < 1.29 is 0 Å². The van der Waals surface area contributed by atoms with Crippen LogP contribution in [0.5, 0.6) is 0 Å². The van der Waals surface area contributed by atoms with Crippen molar-refractivity contribution in [2.75, 3.05) is 11.5 Å². The van der Waals surface area contributed by atoms with Gasteiger partial charge < -0.3 is 0 Å². The highest BCUT2D eigenvalue weighted by molar-refractivity contribution is 7.99. The van der Waals surface area contributed by atoms with Crippen LogP contribution in [0.15, 0.2) is 12.3 Å². The van der Waals surface area contributed by atoms with Crippen molar-refractivity contribution >= 4 is 11.8 Å². The molecule has 13 heavy (non-hydrogen) atoms. The van der Waals surface area contributed by atoms with Crippen LogP contribution in [-0.4, -0.2) is 21.3 Å². The first kappa shape index (κ1) is 9.13. The van der Waals surface area contributed by atoms with Gasteiger partial charge in [-0.25, -0.2) is 0 Å². The Kier molecular flexibility index (Phi) is 2.94. The van der Waals surface area contributed by atoms with E-state index >= 15 is 0 Å². The molecule has 1 fully saturated rings. The van der Waals surface area contributed by atoms with Crippen LogP contribution >= 0.6 is 11.8 Å². The Hall–Kier alpha value is -0.440. The summed E-state index contributed by atoms with van der Waals surface area (Å²) in [5.41, 5.74) is 1.39. The molecule has 2 nitrogen and oxygen atoms in total. The molecule has 1 aliphatic rings. The van der Waals surface area contributed by atoms with Gasteiger partial charge in [0.05, 0.1) is 6.04 Å². The van der Waals surface area contributed by atoms with Crippen LogP contribution in [0.25, 0.3) is 0 Å². The number of aromatic nitrogens is 2. The fraction of sp³-hybridized carbons (Fsp3) is 0.700. The third kappa shape index (κ3) is 1.90. The van der Waals surface area contributed by atoms with E-state index in [4.69, 9.17) is 0 Å². The maximum absolute atomic E-state index is 4.42. The van der Waals surface area contributed by atoms with Crippen molar-refractivity contribution in [3.05, 3.63) is 18.0 Å². The molecule has 3 heteroatoms. The first-order valence-corrected chi connectivity index (χ1v) is 6.17. The lowest BCUT2D eigenvalue weighted by Crippen LogP contribution is -2.18. The van der Waals surface area contributed by atoms with Crippen LogP contribution in [0.2, 0.25) is 0 Å². The molecule has 0 aliphatic carbocycles. The first-order chi connectivity index (χ1) is 6.42. The Morgan fingerprint density at radius 2 is 2.31 bits per heavy atom. The highest BCUT2D eigenvalue weighted by Crippen LogP contribution is 2.27. The molecule has 1 aromatic rings. The number of aryl methyl sites for hydroxylation is 1. The molecule has 0 bridgehead atoms. The van der Waals surface area contributed by atoms with E-state index in [0.717, 1.165) is 6.42 Å². The Morgan fingerprint density at radius 3 is 3.00 bits per heavy atom. The Morgan fingerprint density at radius 1 is 1.54 bits per heavy atom. The van der Waals surface area contributed by atoms with Crippen molar-refractivity contribution in [3.8, 4) is 0 Å². The zero-order chi connectivity index (χ0) is 9.10. The monoisotopic (exact) mass is 196 g/mol. The van der Waals surface area contributed by atoms with Gasteiger partial charge in [-0.2, -0.15) is 16.9 Å². The molecule has 0 amide bonds. The topological polar surface area (TPSA) is 17.8 Å². The van der Waals surface area contributed by atoms with E-state index in [2.05, 4.69) is 34.5 Å². The Labute approximate surface area is 83.7 Å². The molecule has 0 N–H and O–H groups in total. The molecule has 0 atom stereocenters. The molecule has 1 aliphatic heterocycles. The molecule has 0 aromatic carbocycles. The van der Waals surface area contributed by atoms with Gasteiger partial charge in [0.2, 0.25) is 0 Å². The summed E-state index contributed by atoms with van der Waals surface area (Å²) >= 11 is 2.07. The van der Waals surface area contributed by atoms with E-state index in [1.807, 2.05) is 6.20 Å². The molecule has 1 saturated heterocycles. The van der Waals surface area contributed by atoms with Gasteiger partial charge >= 0.3 is 0 Å². The van der Waals surface area contributed by atoms with Crippen molar-refractivity contribution in [1.82, 2.24) is 9.78 Å². The predicted molar refractivity (Wildman–Crippen MR) is 57.2 cm³/mol. The van der Waals surface area contributed by atoms with E-state index in [1.165, 1.54) is 30.0 Å². The van der Waals surface area contributed by atoms with Gasteiger partial charge in [0.1, 0.15) is 0 Å². The second-order valence-corrected chi connectivity index (χ2v) is 4.69. The van der Waals surface area contributed by atoms with Crippen molar-refractivity contribution in [2.24, 2.45) is 0 Å². The summed E-state index contributed by atoms with van der Waals surface area (Å²) in [6, 6.07) is 2.81. The lowest BCUT2D eigenvalue weighted by atomic mass is 10.1. The van der Waals surface area contributed by atoms with E-state index in [-0.39, 0.29) is 0 Å². The van der Waals surface area contributed by atoms with Crippen LogP contribution < -0.4 is 0 Å². The Bertz CT molecular complexity index is 264. The van der Waals surface area contributed by atoms with Crippen molar-refractivity contribution in [2.45, 2.75) is 32.2 Å². The summed E-state index contributed by atoms with van der Waals surface area (Å²) in [6.45, 7) is 2.20. The summed E-state index contributed by atoms with van der Waals surface area (Å²) in [5.74, 6) is 2.60. The maximum atomic E-state index is 4.42. The molecule has 1 aromatic heterocycles. The average Bonchev–Trinajstić information content (AvgIpc) is 2.67. The zero-order valence-corrected chi connectivity index (χ0v) is 8.89. The molecule has 72 valence electrons. The molecule has 0 unspecified atom stereocenters. The predicted octanol–water partition coefficient (Wildman–Crippen LogP) is 2.51. The SMILES string of the molecule is CCc1ccnn1C1CCSCC1. The normalized spacial score (nSPS) is 19.2. The van der Waals surface area contributed by atoms with Gasteiger partial charge in [-0.1, -0.05) is 6.92 Å². The zero-order valence-electron chi connectivity index (χ0n) is 8.07. The largest absolute Gasteiger partial charge is 0.267 e. The number of hydrogen-bond donors (Lipinski definition) is 0. The van der Waals surface area contributed by atoms with Crippen LogP contribution in [0, 0.1) is 0 Å². The highest BCUT2D eigenvalue weighted by Gasteiger charge is 2.17. The quantitative estimate of drug-likeness (QED) is 0.723. The number of thioether (sulfide) groups is 1. The summed E-state index contributed by atoms with van der Waals surface area (Å²) in [5, 5.41) is 4.42. The van der Waals surface area contributed by atoms with Gasteiger partial charge in [0, 0.05) is 11.9 Å². The summed E-state index contributed by atoms with van der Waals surface area (Å²) < 4.78 is 2.24. The lowest BCUT2D eigenvalue weighted by Gasteiger charge is -2.23. The van der Waals surface area contributed by atoms with Gasteiger partial charge in [-0.15, -0.1) is 0 Å². The maximum Gasteiger partial charge on any atom is 0.0538 e. The van der Waals surface area contributed by atoms with E-state index in [1.54, 1.807) is 0 Å². The third-order valence-corrected chi connectivity index (χ3v) is 3.70. The lowest BCUT2D eigenvalue weighted by molar-refractivity contribution is 0.414. The standard InChI is InChI=1S/C10H16N2S/c1-2-9-3-6-11-12(9)10-4-7-13-8-5-10/h3,6,10H,2,4-5,7-8H2,1H3. The number of rotatable bonds is 2. The molecular weight excluding hydrogens is 180 g/mol. The fourth-order valence-corrected chi connectivity index (χ4v) is 2.96. The van der Waals surface area contributed by atoms with Crippen molar-refractivity contribution in [3.63, 3.8) is 0 Å². The fourth-order valence-electron chi connectivity index (χ4n) is 1.88. The molecule has 0 saturated carbocycles. The smallest absolute Gasteiger partial charge is 0.0538 e. The average molecular weight is 196 g/mol. The molecule has 0 spiro atoms. The van der Waals surface area contributed by atoms with E-state index in [0.29, 0.717) is 6.04 Å². The molecular formula is C10H16N2S. The second-order valence-electron chi connectivity index (χ2n) is 3.46. The minimum atomic E-state index is 0.672. The highest BCUT2D eigenvalue weighted by atomic mass is 32.2. The van der Waals surface area contributed by atoms with Gasteiger partial charge in [0.25, 0.3) is 0 Å². The molecule has 2 heterocycles. The number of hydrogen-bond acceptors (Lipinski definition) is 2. The third-order valence-electron chi connectivity index (χ3n) is 2.65. The summed E-state index contributed by atoms with van der Waals surface area (Å²) in [6.07, 6.45) is 5.61. The minimum absolute atomic E-state index is 0.672. The summed E-state index contributed by atoms with van der Waals surface area (Å²) in [7, 11) is 0. The van der Waals surface area contributed by atoms with Crippen molar-refractivity contribution in [1.29, 1.82) is 0 Å². The minimum Gasteiger partial charge on any atom is -0.267 e. The molecule has 2 rings (SSSR count). The number of nitrogens with zero attached hydrogens (tertiary/aromatic N) is 2. The van der Waals surface area contributed by atoms with Crippen LogP contribution in [0.4, 0.5) is 0 Å². The van der Waals surface area contributed by atoms with Gasteiger partial charge in [-0.3, -0.25) is 4.68 Å². The van der Waals surface area contributed by atoms with Crippen LogP contribution in [0.1, 0.15) is 31.5 Å². The van der Waals surface area contributed by atoms with E-state index in [9.17, 15) is 0 Å². The van der Waals surface area contributed by atoms with Gasteiger partial charge in [-0.05, 0) is 36.8 Å². The second kappa shape index (κ2) is 4.18. The van der Waals surface area contributed by atoms with E-state index < -0.39 is 0 Å². The Balaban J connectivity index is 2.13. The van der Waals surface area contributed by atoms with Gasteiger partial charge in [0.15, 0.2) is 0 Å². The van der Waals surface area contributed by atoms with Crippen LogP contribution in [0.3, 0.4) is 0 Å². The molecule has 0 radical (unpaired) electrons. The van der Waals surface area contributed by atoms with Crippen LogP contribution in [-0.2, 0) is 6.42 Å².